The van der Waals surface area contributed by atoms with Crippen LogP contribution in [0.3, 0.4) is 0 Å². The van der Waals surface area contributed by atoms with Crippen LogP contribution in [0.1, 0.15) is 22.9 Å². The molecule has 1 aromatic heterocycles. The summed E-state index contributed by atoms with van der Waals surface area (Å²) in [5.41, 5.74) is 6.84. The van der Waals surface area contributed by atoms with Gasteiger partial charge in [-0.1, -0.05) is 29.8 Å². The highest BCUT2D eigenvalue weighted by atomic mass is 16.3. The van der Waals surface area contributed by atoms with Gasteiger partial charge in [-0.3, -0.25) is 5.32 Å². The van der Waals surface area contributed by atoms with Crippen LogP contribution >= 0.6 is 0 Å². The number of guanidine groups is 1. The Balaban J connectivity index is 1.89. The van der Waals surface area contributed by atoms with Gasteiger partial charge in [0.1, 0.15) is 11.8 Å². The second-order valence-electron chi connectivity index (χ2n) is 5.49. The molecule has 2 heterocycles. The van der Waals surface area contributed by atoms with Crippen LogP contribution in [0.5, 0.6) is 0 Å². The predicted octanol–water partition coefficient (Wildman–Crippen LogP) is 2.08. The van der Waals surface area contributed by atoms with Crippen LogP contribution in [0.25, 0.3) is 0 Å². The lowest BCUT2D eigenvalue weighted by molar-refractivity contribution is 0.378. The Bertz CT molecular complexity index is 788. The quantitative estimate of drug-likeness (QED) is 0.903. The van der Waals surface area contributed by atoms with Crippen molar-refractivity contribution in [1.82, 2.24) is 5.32 Å². The summed E-state index contributed by atoms with van der Waals surface area (Å²) in [4.78, 5) is 8.32. The van der Waals surface area contributed by atoms with Crippen LogP contribution in [0.2, 0.25) is 0 Å². The van der Waals surface area contributed by atoms with E-state index in [0.717, 1.165) is 11.1 Å². The fourth-order valence-corrected chi connectivity index (χ4v) is 2.58. The van der Waals surface area contributed by atoms with Crippen molar-refractivity contribution < 1.29 is 4.42 Å². The molecule has 0 saturated heterocycles. The number of benzene rings is 1. The lowest BCUT2D eigenvalue weighted by Gasteiger charge is -2.31. The van der Waals surface area contributed by atoms with Crippen molar-refractivity contribution in [1.29, 1.82) is 5.26 Å². The van der Waals surface area contributed by atoms with E-state index in [1.807, 2.05) is 25.1 Å². The third-order valence-corrected chi connectivity index (χ3v) is 3.76. The van der Waals surface area contributed by atoms with E-state index in [1.165, 1.54) is 6.21 Å². The molecule has 0 amide bonds. The number of nitriles is 1. The summed E-state index contributed by atoms with van der Waals surface area (Å²) < 4.78 is 5.43. The van der Waals surface area contributed by atoms with Gasteiger partial charge in [-0.15, -0.1) is 0 Å². The minimum Gasteiger partial charge on any atom is -0.467 e. The van der Waals surface area contributed by atoms with Gasteiger partial charge in [-0.05, 0) is 24.6 Å². The third kappa shape index (κ3) is 3.00. The number of rotatable bonds is 4. The van der Waals surface area contributed by atoms with Gasteiger partial charge in [0.05, 0.1) is 12.3 Å². The molecule has 1 aliphatic rings. The van der Waals surface area contributed by atoms with Crippen LogP contribution in [0.15, 0.2) is 57.1 Å². The highest BCUT2D eigenvalue weighted by molar-refractivity contribution is 5.94. The maximum absolute atomic E-state index is 9.77. The van der Waals surface area contributed by atoms with Gasteiger partial charge >= 0.3 is 0 Å². The summed E-state index contributed by atoms with van der Waals surface area (Å²) in [6.07, 6.45) is 3.06. The van der Waals surface area contributed by atoms with Crippen molar-refractivity contribution >= 4 is 12.2 Å². The predicted molar refractivity (Wildman–Crippen MR) is 87.9 cm³/mol. The average molecular weight is 307 g/mol. The molecule has 116 valence electrons. The Morgan fingerprint density at radius 2 is 2.26 bits per heavy atom. The summed E-state index contributed by atoms with van der Waals surface area (Å²) in [5.74, 6) is 0.701. The molecule has 3 rings (SSSR count). The molecule has 0 radical (unpaired) electrons. The Labute approximate surface area is 134 Å². The van der Waals surface area contributed by atoms with E-state index in [2.05, 4.69) is 27.4 Å². The van der Waals surface area contributed by atoms with E-state index in [0.29, 0.717) is 12.3 Å². The standard InChI is InChI=1S/C17H17N5O/c1-12-4-2-5-13(8-12)9-21-17(10-18)11-20-16(19)22-15(17)14-6-3-7-23-14/h2-8,11,15,21H,9H2,1H3,(H2,19,22). The zero-order valence-electron chi connectivity index (χ0n) is 12.7. The second-order valence-corrected chi connectivity index (χ2v) is 5.49. The number of nitrogens with zero attached hydrogens (tertiary/aromatic N) is 3. The van der Waals surface area contributed by atoms with Gasteiger partial charge in [-0.2, -0.15) is 5.26 Å². The van der Waals surface area contributed by atoms with Gasteiger partial charge in [0, 0.05) is 12.8 Å². The molecule has 0 fully saturated rings. The lowest BCUT2D eigenvalue weighted by Crippen LogP contribution is -2.51. The number of aryl methyl sites for hydroxylation is 1. The molecule has 6 heteroatoms. The number of furan rings is 1. The van der Waals surface area contributed by atoms with Crippen molar-refractivity contribution in [3.63, 3.8) is 0 Å². The molecule has 3 N–H and O–H groups in total. The van der Waals surface area contributed by atoms with Crippen molar-refractivity contribution in [2.24, 2.45) is 15.7 Å². The van der Waals surface area contributed by atoms with Crippen LogP contribution in [-0.2, 0) is 6.54 Å². The molecular formula is C17H17N5O. The monoisotopic (exact) mass is 307 g/mol. The zero-order valence-corrected chi connectivity index (χ0v) is 12.7. The SMILES string of the molecule is Cc1cccc(CNC2(C#N)C=NC(N)=NC2c2ccco2)c1. The smallest absolute Gasteiger partial charge is 0.215 e. The van der Waals surface area contributed by atoms with E-state index in [9.17, 15) is 5.26 Å². The molecule has 0 bridgehead atoms. The summed E-state index contributed by atoms with van der Waals surface area (Å²) in [7, 11) is 0. The molecule has 6 nitrogen and oxygen atoms in total. The Morgan fingerprint density at radius 1 is 1.39 bits per heavy atom. The highest BCUT2D eigenvalue weighted by Gasteiger charge is 2.42. The normalized spacial score (nSPS) is 23.3. The first-order valence-corrected chi connectivity index (χ1v) is 7.27. The second kappa shape index (κ2) is 6.07. The molecule has 0 saturated carbocycles. The number of hydrogen-bond acceptors (Lipinski definition) is 6. The fourth-order valence-electron chi connectivity index (χ4n) is 2.58. The molecule has 0 aliphatic carbocycles. The Morgan fingerprint density at radius 3 is 2.96 bits per heavy atom. The third-order valence-electron chi connectivity index (χ3n) is 3.76. The lowest BCUT2D eigenvalue weighted by atomic mass is 9.90. The van der Waals surface area contributed by atoms with Crippen molar-refractivity contribution in [2.75, 3.05) is 0 Å². The molecule has 23 heavy (non-hydrogen) atoms. The van der Waals surface area contributed by atoms with Crippen molar-refractivity contribution in [2.45, 2.75) is 25.0 Å². The Hall–Kier alpha value is -2.91. The minimum absolute atomic E-state index is 0.134. The molecule has 0 spiro atoms. The first-order valence-electron chi connectivity index (χ1n) is 7.27. The van der Waals surface area contributed by atoms with Crippen LogP contribution in [0.4, 0.5) is 0 Å². The zero-order chi connectivity index (χ0) is 16.3. The highest BCUT2D eigenvalue weighted by Crippen LogP contribution is 2.31. The maximum Gasteiger partial charge on any atom is 0.215 e. The van der Waals surface area contributed by atoms with Gasteiger partial charge in [0.25, 0.3) is 0 Å². The van der Waals surface area contributed by atoms with E-state index in [1.54, 1.807) is 18.4 Å². The fraction of sp³-hybridized carbons (Fsp3) is 0.235. The van der Waals surface area contributed by atoms with E-state index in [4.69, 9.17) is 10.2 Å². The molecule has 2 unspecified atom stereocenters. The first-order chi connectivity index (χ1) is 11.1. The topological polar surface area (TPSA) is 99.7 Å². The number of aliphatic imine (C=N–C) groups is 2. The number of nitrogens with one attached hydrogen (secondary N) is 1. The van der Waals surface area contributed by atoms with Crippen LogP contribution in [0, 0.1) is 18.3 Å². The first kappa shape index (κ1) is 15.0. The van der Waals surface area contributed by atoms with E-state index >= 15 is 0 Å². The van der Waals surface area contributed by atoms with Crippen LogP contribution < -0.4 is 11.1 Å². The summed E-state index contributed by atoms with van der Waals surface area (Å²) >= 11 is 0. The van der Waals surface area contributed by atoms with Crippen molar-refractivity contribution in [3.8, 4) is 6.07 Å². The summed E-state index contributed by atoms with van der Waals surface area (Å²) in [6, 6.07) is 13.3. The number of nitrogens with two attached hydrogens (primary N) is 1. The molecule has 1 aromatic carbocycles. The summed E-state index contributed by atoms with van der Waals surface area (Å²) in [6.45, 7) is 2.54. The maximum atomic E-state index is 9.77. The van der Waals surface area contributed by atoms with E-state index in [-0.39, 0.29) is 5.96 Å². The van der Waals surface area contributed by atoms with Crippen molar-refractivity contribution in [3.05, 3.63) is 59.5 Å². The van der Waals surface area contributed by atoms with E-state index < -0.39 is 11.6 Å². The van der Waals surface area contributed by atoms with Gasteiger partial charge < -0.3 is 10.2 Å². The molecule has 1 aliphatic heterocycles. The van der Waals surface area contributed by atoms with Gasteiger partial charge in [0.2, 0.25) is 5.96 Å². The number of hydrogen-bond donors (Lipinski definition) is 2. The van der Waals surface area contributed by atoms with Gasteiger partial charge in [-0.25, -0.2) is 9.98 Å². The molecule has 2 atom stereocenters. The van der Waals surface area contributed by atoms with Gasteiger partial charge in [0.15, 0.2) is 5.54 Å². The minimum atomic E-state index is -1.11. The molecule has 2 aromatic rings. The van der Waals surface area contributed by atoms with Crippen LogP contribution in [-0.4, -0.2) is 17.7 Å². The summed E-state index contributed by atoms with van der Waals surface area (Å²) in [5, 5.41) is 13.0. The largest absolute Gasteiger partial charge is 0.467 e. The molecular weight excluding hydrogens is 290 g/mol. The average Bonchev–Trinajstić information content (AvgIpc) is 3.08. The Kier molecular flexibility index (Phi) is 3.96.